The van der Waals surface area contributed by atoms with Crippen LogP contribution in [0.25, 0.3) is 11.4 Å². The van der Waals surface area contributed by atoms with Crippen LogP contribution in [0.5, 0.6) is 5.75 Å². The molecule has 1 aliphatic rings. The summed E-state index contributed by atoms with van der Waals surface area (Å²) in [5.41, 5.74) is -0.0875. The number of likely N-dealkylation sites (tertiary alicyclic amines) is 1. The summed E-state index contributed by atoms with van der Waals surface area (Å²) in [6, 6.07) is 12.6. The Kier molecular flexibility index (Phi) is 10.6. The Morgan fingerprint density at radius 1 is 1.04 bits per heavy atom. The first-order valence-electron chi connectivity index (χ1n) is 15.8. The van der Waals surface area contributed by atoms with Crippen LogP contribution in [0.2, 0.25) is 0 Å². The molecule has 2 aromatic carbocycles. The van der Waals surface area contributed by atoms with Gasteiger partial charge in [0.15, 0.2) is 0 Å². The average molecular weight is 668 g/mol. The number of halogens is 1. The summed E-state index contributed by atoms with van der Waals surface area (Å²) in [5.74, 6) is -0.717. The molecular weight excluding hydrogens is 629 g/mol. The van der Waals surface area contributed by atoms with Gasteiger partial charge in [-0.25, -0.2) is 18.7 Å². The number of hydrogen-bond acceptors (Lipinski definition) is 8. The first kappa shape index (κ1) is 34.6. The lowest BCUT2D eigenvalue weighted by Crippen LogP contribution is -2.43. The minimum Gasteiger partial charge on any atom is -0.457 e. The lowest BCUT2D eigenvalue weighted by molar-refractivity contribution is 0.0911. The third kappa shape index (κ3) is 7.90. The number of carbonyl (C=O) groups excluding carboxylic acids is 2. The van der Waals surface area contributed by atoms with Gasteiger partial charge in [0.25, 0.3) is 17.4 Å². The SMILES string of the molecule is C=Nc1cnc(C(=O)NC2CCN(C)CC2)cc1/C(=C\C)Oc1ccc(NC(=O)c2cn(C(C)C)c(=O)n(-c3ccc(F)cc3)c2=O)cc1. The van der Waals surface area contributed by atoms with Crippen LogP contribution in [0.3, 0.4) is 0 Å². The van der Waals surface area contributed by atoms with E-state index in [0.717, 1.165) is 42.6 Å². The Morgan fingerprint density at radius 2 is 1.71 bits per heavy atom. The number of anilines is 1. The molecule has 49 heavy (non-hydrogen) atoms. The zero-order valence-electron chi connectivity index (χ0n) is 27.8. The number of allylic oxidation sites excluding steroid dienone is 1. The summed E-state index contributed by atoms with van der Waals surface area (Å²) < 4.78 is 21.8. The molecule has 1 fully saturated rings. The van der Waals surface area contributed by atoms with E-state index in [4.69, 9.17) is 4.74 Å². The fourth-order valence-electron chi connectivity index (χ4n) is 5.42. The monoisotopic (exact) mass is 667 g/mol. The van der Waals surface area contributed by atoms with Crippen LogP contribution in [-0.4, -0.2) is 63.7 Å². The molecule has 0 atom stereocenters. The Labute approximate surface area is 282 Å². The minimum atomic E-state index is -0.841. The third-order valence-corrected chi connectivity index (χ3v) is 8.21. The summed E-state index contributed by atoms with van der Waals surface area (Å²) in [7, 11) is 2.06. The molecule has 2 aromatic heterocycles. The zero-order valence-corrected chi connectivity index (χ0v) is 27.8. The first-order valence-corrected chi connectivity index (χ1v) is 15.8. The number of rotatable bonds is 10. The molecule has 0 saturated carbocycles. The highest BCUT2D eigenvalue weighted by Crippen LogP contribution is 2.30. The standard InChI is InChI=1S/C36H38FN7O5/c1-6-32(28-19-30(39-20-31(28)38-4)34(46)41-25-15-17-42(5)18-16-25)49-27-13-9-24(10-14-27)40-33(45)29-21-43(22(2)3)36(48)44(35(29)47)26-11-7-23(37)8-12-26/h6-14,19-22,25H,4,15-18H2,1-3,5H3,(H,40,45)(H,41,46)/b32-6+. The molecule has 4 aromatic rings. The zero-order chi connectivity index (χ0) is 35.2. The number of nitrogens with zero attached hydrogens (tertiary/aromatic N) is 5. The number of hydrogen-bond donors (Lipinski definition) is 2. The van der Waals surface area contributed by atoms with Gasteiger partial charge in [0, 0.05) is 29.5 Å². The van der Waals surface area contributed by atoms with Gasteiger partial charge >= 0.3 is 5.69 Å². The predicted molar refractivity (Wildman–Crippen MR) is 187 cm³/mol. The number of amides is 2. The number of carbonyl (C=O) groups is 2. The Hall–Kier alpha value is -5.69. The van der Waals surface area contributed by atoms with Gasteiger partial charge in [-0.2, -0.15) is 0 Å². The molecule has 0 aliphatic carbocycles. The Bertz CT molecular complexity index is 2010. The van der Waals surface area contributed by atoms with E-state index in [1.54, 1.807) is 57.2 Å². The van der Waals surface area contributed by atoms with Gasteiger partial charge in [0.05, 0.1) is 17.6 Å². The molecule has 1 aliphatic heterocycles. The van der Waals surface area contributed by atoms with Gasteiger partial charge < -0.3 is 20.3 Å². The van der Waals surface area contributed by atoms with Crippen molar-refractivity contribution in [1.29, 1.82) is 0 Å². The van der Waals surface area contributed by atoms with E-state index in [-0.39, 0.29) is 34.9 Å². The quantitative estimate of drug-likeness (QED) is 0.180. The van der Waals surface area contributed by atoms with E-state index in [1.807, 2.05) is 0 Å². The molecule has 0 spiro atoms. The highest BCUT2D eigenvalue weighted by Gasteiger charge is 2.22. The fourth-order valence-corrected chi connectivity index (χ4v) is 5.42. The van der Waals surface area contributed by atoms with Crippen molar-refractivity contribution in [2.75, 3.05) is 25.5 Å². The van der Waals surface area contributed by atoms with Gasteiger partial charge in [-0.05, 0) is 121 Å². The van der Waals surface area contributed by atoms with E-state index in [2.05, 4.69) is 39.3 Å². The largest absolute Gasteiger partial charge is 0.457 e. The summed E-state index contributed by atoms with van der Waals surface area (Å²) in [5, 5.41) is 5.76. The van der Waals surface area contributed by atoms with E-state index in [9.17, 15) is 23.6 Å². The lowest BCUT2D eigenvalue weighted by atomic mass is 10.1. The smallest absolute Gasteiger partial charge is 0.335 e. The van der Waals surface area contributed by atoms with Crippen molar-refractivity contribution < 1.29 is 18.7 Å². The molecule has 1 saturated heterocycles. The molecule has 2 amide bonds. The summed E-state index contributed by atoms with van der Waals surface area (Å²) >= 11 is 0. The molecule has 13 heteroatoms. The van der Waals surface area contributed by atoms with Crippen molar-refractivity contribution in [3.05, 3.63) is 117 Å². The molecule has 254 valence electrons. The molecule has 0 bridgehead atoms. The molecular formula is C36H38FN7O5. The Balaban J connectivity index is 1.34. The van der Waals surface area contributed by atoms with Crippen LogP contribution >= 0.6 is 0 Å². The van der Waals surface area contributed by atoms with E-state index in [0.29, 0.717) is 28.4 Å². The Morgan fingerprint density at radius 3 is 2.33 bits per heavy atom. The highest BCUT2D eigenvalue weighted by atomic mass is 19.1. The third-order valence-electron chi connectivity index (χ3n) is 8.21. The predicted octanol–water partition coefficient (Wildman–Crippen LogP) is 4.96. The number of piperidine rings is 1. The van der Waals surface area contributed by atoms with Crippen molar-refractivity contribution in [1.82, 2.24) is 24.3 Å². The van der Waals surface area contributed by atoms with Crippen molar-refractivity contribution in [2.45, 2.75) is 45.7 Å². The van der Waals surface area contributed by atoms with Crippen LogP contribution in [-0.2, 0) is 0 Å². The number of pyridine rings is 1. The topological polar surface area (TPSA) is 140 Å². The van der Waals surface area contributed by atoms with E-state index in [1.165, 1.54) is 29.1 Å². The van der Waals surface area contributed by atoms with Gasteiger partial charge in [-0.1, -0.05) is 0 Å². The first-order chi connectivity index (χ1) is 23.5. The fraction of sp³-hybridized carbons (Fsp3) is 0.278. The van der Waals surface area contributed by atoms with Crippen LogP contribution < -0.4 is 26.6 Å². The van der Waals surface area contributed by atoms with Gasteiger partial charge in [0.2, 0.25) is 0 Å². The molecule has 0 unspecified atom stereocenters. The summed E-state index contributed by atoms with van der Waals surface area (Å²) in [4.78, 5) is 63.5. The minimum absolute atomic E-state index is 0.0699. The maximum absolute atomic E-state index is 13.6. The van der Waals surface area contributed by atoms with Crippen LogP contribution in [0, 0.1) is 5.82 Å². The number of benzene rings is 2. The summed E-state index contributed by atoms with van der Waals surface area (Å²) in [6.07, 6.45) is 6.15. The van der Waals surface area contributed by atoms with Crippen LogP contribution in [0.1, 0.15) is 66.1 Å². The van der Waals surface area contributed by atoms with Gasteiger partial charge in [-0.15, -0.1) is 0 Å². The lowest BCUT2D eigenvalue weighted by Gasteiger charge is -2.29. The van der Waals surface area contributed by atoms with Crippen LogP contribution in [0.15, 0.2) is 87.6 Å². The highest BCUT2D eigenvalue weighted by molar-refractivity contribution is 6.04. The van der Waals surface area contributed by atoms with E-state index < -0.39 is 23.0 Å². The average Bonchev–Trinajstić information content (AvgIpc) is 3.09. The molecule has 2 N–H and O–H groups in total. The van der Waals surface area contributed by atoms with Crippen molar-refractivity contribution >= 4 is 35.7 Å². The molecule has 3 heterocycles. The van der Waals surface area contributed by atoms with Crippen molar-refractivity contribution in [3.63, 3.8) is 0 Å². The number of ether oxygens (including phenoxy) is 1. The number of aromatic nitrogens is 3. The molecule has 0 radical (unpaired) electrons. The summed E-state index contributed by atoms with van der Waals surface area (Å²) in [6.45, 7) is 10.7. The second kappa shape index (κ2) is 15.0. The second-order valence-corrected chi connectivity index (χ2v) is 12.0. The maximum Gasteiger partial charge on any atom is 0.335 e. The molecule has 5 rings (SSSR count). The van der Waals surface area contributed by atoms with Crippen molar-refractivity contribution in [2.24, 2.45) is 4.99 Å². The maximum atomic E-state index is 13.6. The number of nitrogens with one attached hydrogen (secondary N) is 2. The van der Waals surface area contributed by atoms with Gasteiger partial charge in [0.1, 0.15) is 28.6 Å². The second-order valence-electron chi connectivity index (χ2n) is 12.0. The van der Waals surface area contributed by atoms with Gasteiger partial charge in [-0.3, -0.25) is 23.9 Å². The normalized spacial score (nSPS) is 14.0. The van der Waals surface area contributed by atoms with E-state index >= 15 is 0 Å². The van der Waals surface area contributed by atoms with Crippen molar-refractivity contribution in [3.8, 4) is 11.4 Å². The van der Waals surface area contributed by atoms with Crippen LogP contribution in [0.4, 0.5) is 15.8 Å². The number of aliphatic imine (C=N–C) groups is 1. The molecule has 12 nitrogen and oxygen atoms in total.